The summed E-state index contributed by atoms with van der Waals surface area (Å²) in [5, 5.41) is 33.4. The van der Waals surface area contributed by atoms with Crippen LogP contribution in [0.1, 0.15) is 24.2 Å². The maximum Gasteiger partial charge on any atom is 0.490 e. The number of methoxy groups -OCH3 is 2. The number of hydrogen-bond acceptors (Lipinski definition) is 29. The SMILES string of the molecule is COC[C@H]1[C@@H](O)[C@H](n2c[n+](Cc3ccccc3)c3c(=O)[nH]c(N)nc32)O[C@@H]1COP(=O)(O)OP(=O)(O)OP(=O)(O)OCC1O[C@@H](n2cnc3c(N)ncnc32)[C@H](OC)[C@@H]1OP(=O)(O)OC[C@H]1O[C@@H](n2cnc3c(=O)[nH]c(N)nc32)[C@H](O)[C@@H]1O. The number of aliphatic hydroxyl groups excluding tert-OH is 3. The van der Waals surface area contributed by atoms with E-state index >= 15 is 0 Å². The summed E-state index contributed by atoms with van der Waals surface area (Å²) in [6.45, 7) is -3.33. The molecule has 3 aliphatic rings. The van der Waals surface area contributed by atoms with Crippen LogP contribution < -0.4 is 32.9 Å². The van der Waals surface area contributed by atoms with Crippen LogP contribution in [0.4, 0.5) is 17.7 Å². The Balaban J connectivity index is 0.810. The van der Waals surface area contributed by atoms with Gasteiger partial charge in [0.1, 0.15) is 61.1 Å². The Morgan fingerprint density at radius 2 is 1.20 bits per heavy atom. The van der Waals surface area contributed by atoms with Gasteiger partial charge < -0.3 is 75.8 Å². The molecular weight excluding hydrogens is 1200 g/mol. The molecule has 83 heavy (non-hydrogen) atoms. The molecule has 3 aliphatic heterocycles. The van der Waals surface area contributed by atoms with E-state index in [1.807, 2.05) is 0 Å². The first-order chi connectivity index (χ1) is 39.3. The fourth-order valence-electron chi connectivity index (χ4n) is 9.58. The van der Waals surface area contributed by atoms with Gasteiger partial charge in [0.05, 0.1) is 45.2 Å². The zero-order valence-corrected chi connectivity index (χ0v) is 46.3. The van der Waals surface area contributed by atoms with E-state index in [2.05, 4.69) is 48.5 Å². The molecule has 3 saturated heterocycles. The van der Waals surface area contributed by atoms with Crippen LogP contribution in [0.25, 0.3) is 33.5 Å². The number of anilines is 3. The van der Waals surface area contributed by atoms with Crippen LogP contribution in [0.5, 0.6) is 0 Å². The highest BCUT2D eigenvalue weighted by atomic mass is 31.3. The van der Waals surface area contributed by atoms with Crippen LogP contribution in [0.2, 0.25) is 0 Å². The maximum absolute atomic E-state index is 13.8. The van der Waals surface area contributed by atoms with Gasteiger partial charge in [-0.05, 0) is 5.56 Å². The number of nitrogens with zero attached hydrogens (tertiary/aromatic N) is 10. The Bertz CT molecular complexity index is 3850. The average Bonchev–Trinajstić information content (AvgIpc) is 3.37. The van der Waals surface area contributed by atoms with Crippen LogP contribution in [-0.4, -0.2) is 178 Å². The number of aromatic amines is 2. The number of benzene rings is 1. The molecule has 16 atom stereocenters. The van der Waals surface area contributed by atoms with Gasteiger partial charge >= 0.3 is 36.9 Å². The molecule has 7 aromatic rings. The highest BCUT2D eigenvalue weighted by Crippen LogP contribution is 2.68. The summed E-state index contributed by atoms with van der Waals surface area (Å²) in [5.74, 6) is -1.74. The fraction of sp³-hybridized carbons (Fsp3) is 0.475. The molecular formula is C40H52N15O24P4+. The maximum atomic E-state index is 13.8. The normalized spacial score (nSPS) is 28.6. The minimum absolute atomic E-state index is 0.0132. The molecule has 9 heterocycles. The van der Waals surface area contributed by atoms with E-state index in [-0.39, 0.29) is 64.4 Å². The number of H-pyrrole nitrogens is 2. The Labute approximate surface area is 462 Å². The number of aliphatic hydroxyl groups is 3. The summed E-state index contributed by atoms with van der Waals surface area (Å²) < 4.78 is 117. The number of nitrogens with one attached hydrogen (secondary N) is 2. The summed E-state index contributed by atoms with van der Waals surface area (Å²) in [6.07, 6.45) is -13.0. The Morgan fingerprint density at radius 1 is 0.627 bits per heavy atom. The van der Waals surface area contributed by atoms with E-state index < -0.39 is 136 Å². The molecule has 0 spiro atoms. The van der Waals surface area contributed by atoms with Crippen molar-refractivity contribution in [2.45, 2.75) is 74.1 Å². The zero-order chi connectivity index (χ0) is 59.5. The fourth-order valence-corrected chi connectivity index (χ4v) is 14.1. The van der Waals surface area contributed by atoms with Crippen LogP contribution >= 0.6 is 31.3 Å². The third-order valence-electron chi connectivity index (χ3n) is 13.2. The van der Waals surface area contributed by atoms with Gasteiger partial charge in [-0.3, -0.25) is 46.8 Å². The van der Waals surface area contributed by atoms with Gasteiger partial charge in [0.2, 0.25) is 24.5 Å². The molecule has 0 saturated carbocycles. The van der Waals surface area contributed by atoms with Crippen molar-refractivity contribution in [1.29, 1.82) is 0 Å². The van der Waals surface area contributed by atoms with Gasteiger partial charge in [0.15, 0.2) is 35.1 Å². The lowest BCUT2D eigenvalue weighted by atomic mass is 9.99. The van der Waals surface area contributed by atoms with Crippen molar-refractivity contribution in [2.24, 2.45) is 5.92 Å². The van der Waals surface area contributed by atoms with Gasteiger partial charge in [-0.2, -0.15) is 23.2 Å². The molecule has 6 aromatic heterocycles. The number of rotatable bonds is 23. The lowest BCUT2D eigenvalue weighted by Gasteiger charge is -2.26. The van der Waals surface area contributed by atoms with Gasteiger partial charge in [0.25, 0.3) is 16.7 Å². The van der Waals surface area contributed by atoms with Crippen LogP contribution in [-0.2, 0) is 75.2 Å². The van der Waals surface area contributed by atoms with E-state index in [0.717, 1.165) is 36.2 Å². The average molecular weight is 1250 g/mol. The lowest BCUT2D eigenvalue weighted by Crippen LogP contribution is -2.38. The summed E-state index contributed by atoms with van der Waals surface area (Å²) in [6, 6.07) is 8.98. The summed E-state index contributed by atoms with van der Waals surface area (Å²) in [4.78, 5) is 97.6. The Hall–Kier alpha value is -5.93. The quantitative estimate of drug-likeness (QED) is 0.0237. The molecule has 39 nitrogen and oxygen atoms in total. The number of ether oxygens (including phenoxy) is 5. The van der Waals surface area contributed by atoms with Gasteiger partial charge in [-0.15, -0.1) is 0 Å². The number of nitrogens with two attached hydrogens (primary N) is 3. The van der Waals surface area contributed by atoms with E-state index in [1.165, 1.54) is 27.1 Å². The van der Waals surface area contributed by atoms with Crippen molar-refractivity contribution >= 4 is 82.5 Å². The molecule has 15 N–H and O–H groups in total. The van der Waals surface area contributed by atoms with Crippen molar-refractivity contribution < 1.29 is 108 Å². The first kappa shape index (κ1) is 60.2. The van der Waals surface area contributed by atoms with Gasteiger partial charge in [-0.25, -0.2) is 42.8 Å². The zero-order valence-electron chi connectivity index (χ0n) is 42.7. The number of phosphoric ester groups is 3. The molecule has 43 heteroatoms. The predicted octanol–water partition coefficient (Wildman–Crippen LogP) is -2.30. The number of hydrogen-bond donors (Lipinski definition) is 12. The van der Waals surface area contributed by atoms with E-state index in [4.69, 9.17) is 59.0 Å². The summed E-state index contributed by atoms with van der Waals surface area (Å²) in [5.41, 5.74) is 16.7. The lowest BCUT2D eigenvalue weighted by molar-refractivity contribution is -0.664. The number of phosphoric acid groups is 4. The predicted molar refractivity (Wildman–Crippen MR) is 273 cm³/mol. The van der Waals surface area contributed by atoms with Crippen molar-refractivity contribution in [3.63, 3.8) is 0 Å². The third kappa shape index (κ3) is 12.6. The third-order valence-corrected chi connectivity index (χ3v) is 18.4. The molecule has 0 bridgehead atoms. The first-order valence-electron chi connectivity index (χ1n) is 24.1. The number of fused-ring (bicyclic) bond motifs is 3. The summed E-state index contributed by atoms with van der Waals surface area (Å²) >= 11 is 0. The van der Waals surface area contributed by atoms with Gasteiger partial charge in [0, 0.05) is 20.1 Å². The number of imidazole rings is 3. The van der Waals surface area contributed by atoms with Crippen molar-refractivity contribution in [2.75, 3.05) is 57.8 Å². The first-order valence-corrected chi connectivity index (χ1v) is 30.1. The van der Waals surface area contributed by atoms with Crippen molar-refractivity contribution in [3.05, 3.63) is 81.9 Å². The molecule has 3 fully saturated rings. The van der Waals surface area contributed by atoms with Crippen molar-refractivity contribution in [1.82, 2.24) is 53.6 Å². The Kier molecular flexibility index (Phi) is 17.0. The monoisotopic (exact) mass is 1250 g/mol. The smallest absolute Gasteiger partial charge is 0.387 e. The molecule has 450 valence electrons. The molecule has 10 rings (SSSR count). The molecule has 0 radical (unpaired) electrons. The number of nitrogen functional groups attached to an aromatic ring is 3. The minimum Gasteiger partial charge on any atom is -0.387 e. The van der Waals surface area contributed by atoms with Crippen LogP contribution in [0.3, 0.4) is 0 Å². The molecule has 5 unspecified atom stereocenters. The van der Waals surface area contributed by atoms with E-state index in [0.29, 0.717) is 0 Å². The van der Waals surface area contributed by atoms with Crippen LogP contribution in [0, 0.1) is 5.92 Å². The second-order valence-electron chi connectivity index (χ2n) is 18.6. The highest BCUT2D eigenvalue weighted by Gasteiger charge is 2.54. The Morgan fingerprint density at radius 3 is 1.88 bits per heavy atom. The second kappa shape index (κ2) is 23.5. The topological polar surface area (TPSA) is 551 Å². The highest BCUT2D eigenvalue weighted by molar-refractivity contribution is 7.66. The van der Waals surface area contributed by atoms with Gasteiger partial charge in [-0.1, -0.05) is 30.3 Å². The summed E-state index contributed by atoms with van der Waals surface area (Å²) in [7, 11) is -21.1. The van der Waals surface area contributed by atoms with E-state index in [1.54, 1.807) is 30.3 Å². The van der Waals surface area contributed by atoms with E-state index in [9.17, 15) is 62.7 Å². The van der Waals surface area contributed by atoms with Crippen LogP contribution in [0.15, 0.2) is 65.2 Å². The van der Waals surface area contributed by atoms with Crippen molar-refractivity contribution in [3.8, 4) is 0 Å². The molecule has 0 aliphatic carbocycles. The minimum atomic E-state index is -6.21. The second-order valence-corrected chi connectivity index (χ2v) is 24.6. The number of aromatic nitrogens is 12. The molecule has 1 aromatic carbocycles. The molecule has 0 amide bonds. The largest absolute Gasteiger partial charge is 0.490 e. The standard InChI is InChI=1S/C40H51N15O24P4/c1-69-9-18-19(74-36(25(18)56)55-16-52(8-17-6-4-3-5-7-17)24-33(55)49-40(43)51-35(24)60)10-72-81(63,64)78-83(67,68)79-82(65,66)73-12-21-28(29(70-2)38(76-21)53-14-46-22-30(41)44-13-45-31(22)53)77-80(61,62)71-11-20-26(57)27(58)37(75-20)54-15-47-23-32(54)48-39(42)50-34(23)59/h3-7,13-16,18-21,25-29,36-38,56-58H,8-12H2,1-2H3,(H11-,41,42,43,44,45,48,49,50,51,59,60,61,62,63,64,65,66,67,68)/p+1/t18-,19-,20-,21?,25-,26-,27-,28-,29-,36-,37-,38-/m1/s1.